The molecule has 154 valence electrons. The molecule has 0 saturated heterocycles. The van der Waals surface area contributed by atoms with Gasteiger partial charge in [0.2, 0.25) is 0 Å². The lowest BCUT2D eigenvalue weighted by molar-refractivity contribution is -0.144. The highest BCUT2D eigenvalue weighted by Crippen LogP contribution is 2.22. The van der Waals surface area contributed by atoms with Crippen molar-refractivity contribution < 1.29 is 27.1 Å². The Hall–Kier alpha value is -3.27. The molecule has 29 heavy (non-hydrogen) atoms. The van der Waals surface area contributed by atoms with Crippen molar-refractivity contribution in [2.75, 3.05) is 18.4 Å². The topological polar surface area (TPSA) is 117 Å². The number of esters is 1. The number of nitrogens with one attached hydrogen (secondary N) is 1. The number of hydrogen-bond donors (Lipinski definition) is 1. The molecule has 0 atom stereocenters. The van der Waals surface area contributed by atoms with E-state index >= 15 is 0 Å². The number of rotatable bonds is 8. The predicted molar refractivity (Wildman–Crippen MR) is 106 cm³/mol. The average molecular weight is 420 g/mol. The van der Waals surface area contributed by atoms with E-state index in [9.17, 15) is 18.0 Å². The van der Waals surface area contributed by atoms with Gasteiger partial charge in [-0.25, -0.2) is 13.2 Å². The van der Waals surface area contributed by atoms with Crippen molar-refractivity contribution in [3.63, 3.8) is 0 Å². The number of hydrogen-bond acceptors (Lipinski definition) is 7. The fourth-order valence-electron chi connectivity index (χ4n) is 2.63. The number of aromatic nitrogens is 1. The van der Waals surface area contributed by atoms with Gasteiger partial charge in [-0.3, -0.25) is 14.1 Å². The minimum absolute atomic E-state index is 0.0518. The smallest absolute Gasteiger partial charge is 0.420 e. The van der Waals surface area contributed by atoms with Crippen LogP contribution in [0.3, 0.4) is 0 Å². The molecule has 0 fully saturated rings. The number of carbonyl (C=O) groups excluding carboxylic acids is 1. The molecule has 0 aliphatic heterocycles. The molecule has 1 N–H and O–H groups in total. The van der Waals surface area contributed by atoms with Gasteiger partial charge >= 0.3 is 11.7 Å². The maximum absolute atomic E-state index is 12.6. The Bertz CT molecular complexity index is 1180. The highest BCUT2D eigenvalue weighted by molar-refractivity contribution is 7.92. The number of nitrogens with zero attached hydrogens (tertiary/aromatic N) is 1. The number of carbonyl (C=O) groups is 1. The molecule has 0 spiro atoms. The molecule has 0 aliphatic carbocycles. The lowest BCUT2D eigenvalue weighted by atomic mass is 10.3. The summed E-state index contributed by atoms with van der Waals surface area (Å²) < 4.78 is 44.0. The summed E-state index contributed by atoms with van der Waals surface area (Å²) in [6.07, 6.45) is 0.662. The standard InChI is InChI=1S/C19H20N2O7S/c1-3-10-27-18(22)12-21-16-9-8-15(11-17(16)28-19(21)23)29(24,25)20-13-4-6-14(26-2)7-5-13/h4-9,11,20H,3,10,12H2,1-2H3. The van der Waals surface area contributed by atoms with Crippen molar-refractivity contribution in [1.29, 1.82) is 0 Å². The molecule has 1 heterocycles. The lowest BCUT2D eigenvalue weighted by Gasteiger charge is -2.09. The monoisotopic (exact) mass is 420 g/mol. The zero-order valence-electron chi connectivity index (χ0n) is 15.9. The van der Waals surface area contributed by atoms with Crippen LogP contribution in [0, 0.1) is 0 Å². The van der Waals surface area contributed by atoms with Gasteiger partial charge in [0.15, 0.2) is 5.58 Å². The summed E-state index contributed by atoms with van der Waals surface area (Å²) in [4.78, 5) is 23.8. The summed E-state index contributed by atoms with van der Waals surface area (Å²) in [6, 6.07) is 10.3. The Morgan fingerprint density at radius 1 is 1.17 bits per heavy atom. The molecule has 3 rings (SSSR count). The van der Waals surface area contributed by atoms with Crippen LogP contribution in [-0.4, -0.2) is 32.7 Å². The van der Waals surface area contributed by atoms with E-state index in [1.165, 1.54) is 25.3 Å². The van der Waals surface area contributed by atoms with Gasteiger partial charge in [-0.2, -0.15) is 0 Å². The van der Waals surface area contributed by atoms with Crippen LogP contribution in [0.2, 0.25) is 0 Å². The third-order valence-electron chi connectivity index (χ3n) is 4.05. The summed E-state index contributed by atoms with van der Waals surface area (Å²) in [5.41, 5.74) is 0.700. The van der Waals surface area contributed by atoms with Crippen LogP contribution in [0.1, 0.15) is 13.3 Å². The van der Waals surface area contributed by atoms with Crippen LogP contribution in [0.25, 0.3) is 11.1 Å². The minimum Gasteiger partial charge on any atom is -0.497 e. The molecule has 0 amide bonds. The van der Waals surface area contributed by atoms with Crippen molar-refractivity contribution in [2.45, 2.75) is 24.8 Å². The quantitative estimate of drug-likeness (QED) is 0.556. The zero-order chi connectivity index (χ0) is 21.0. The van der Waals surface area contributed by atoms with Gasteiger partial charge in [-0.15, -0.1) is 0 Å². The number of ether oxygens (including phenoxy) is 2. The summed E-state index contributed by atoms with van der Waals surface area (Å²) in [5, 5.41) is 0. The van der Waals surface area contributed by atoms with Gasteiger partial charge in [-0.1, -0.05) is 6.92 Å². The van der Waals surface area contributed by atoms with Gasteiger partial charge in [0.1, 0.15) is 12.3 Å². The number of oxazole rings is 1. The Kier molecular flexibility index (Phi) is 5.92. The van der Waals surface area contributed by atoms with Gasteiger partial charge in [-0.05, 0) is 42.8 Å². The SMILES string of the molecule is CCCOC(=O)Cn1c(=O)oc2cc(S(=O)(=O)Nc3ccc(OC)cc3)ccc21. The molecule has 10 heteroatoms. The Balaban J connectivity index is 1.87. The molecule has 9 nitrogen and oxygen atoms in total. The number of methoxy groups -OCH3 is 1. The number of benzene rings is 2. The molecule has 0 aliphatic rings. The van der Waals surface area contributed by atoms with Crippen LogP contribution in [0.4, 0.5) is 5.69 Å². The first-order chi connectivity index (χ1) is 13.8. The molecular formula is C19H20N2O7S. The fraction of sp³-hybridized carbons (Fsp3) is 0.263. The summed E-state index contributed by atoms with van der Waals surface area (Å²) in [7, 11) is -2.41. The van der Waals surface area contributed by atoms with E-state index in [0.29, 0.717) is 23.4 Å². The van der Waals surface area contributed by atoms with Crippen LogP contribution in [0.5, 0.6) is 5.75 Å². The van der Waals surface area contributed by atoms with Gasteiger partial charge in [0.05, 0.1) is 24.1 Å². The van der Waals surface area contributed by atoms with Crippen molar-refractivity contribution in [3.8, 4) is 5.75 Å². The summed E-state index contributed by atoms with van der Waals surface area (Å²) in [6.45, 7) is 1.79. The van der Waals surface area contributed by atoms with Crippen LogP contribution >= 0.6 is 0 Å². The number of anilines is 1. The first-order valence-electron chi connectivity index (χ1n) is 8.80. The zero-order valence-corrected chi connectivity index (χ0v) is 16.7. The highest BCUT2D eigenvalue weighted by atomic mass is 32.2. The van der Waals surface area contributed by atoms with Crippen molar-refractivity contribution >= 4 is 32.8 Å². The molecule has 0 bridgehead atoms. The molecule has 0 unspecified atom stereocenters. The third-order valence-corrected chi connectivity index (χ3v) is 5.43. The van der Waals surface area contributed by atoms with Crippen molar-refractivity contribution in [1.82, 2.24) is 4.57 Å². The maximum Gasteiger partial charge on any atom is 0.420 e. The van der Waals surface area contributed by atoms with E-state index in [1.54, 1.807) is 24.3 Å². The van der Waals surface area contributed by atoms with Crippen LogP contribution in [-0.2, 0) is 26.1 Å². The maximum atomic E-state index is 12.6. The van der Waals surface area contributed by atoms with Crippen LogP contribution in [0.15, 0.2) is 56.6 Å². The average Bonchev–Trinajstić information content (AvgIpc) is 3.01. The Morgan fingerprint density at radius 2 is 1.90 bits per heavy atom. The largest absolute Gasteiger partial charge is 0.497 e. The van der Waals surface area contributed by atoms with Gasteiger partial charge in [0, 0.05) is 11.8 Å². The molecule has 1 aromatic heterocycles. The Morgan fingerprint density at radius 3 is 2.55 bits per heavy atom. The molecule has 3 aromatic rings. The molecule has 0 radical (unpaired) electrons. The summed E-state index contributed by atoms with van der Waals surface area (Å²) in [5.74, 6) is -0.754. The first-order valence-corrected chi connectivity index (χ1v) is 10.3. The highest BCUT2D eigenvalue weighted by Gasteiger charge is 2.19. The predicted octanol–water partition coefficient (Wildman–Crippen LogP) is 2.36. The third kappa shape index (κ3) is 4.60. The van der Waals surface area contributed by atoms with E-state index in [-0.39, 0.29) is 23.6 Å². The van der Waals surface area contributed by atoms with Crippen molar-refractivity contribution in [3.05, 3.63) is 53.0 Å². The first kappa shape index (κ1) is 20.5. The van der Waals surface area contributed by atoms with E-state index in [0.717, 1.165) is 4.57 Å². The van der Waals surface area contributed by atoms with Crippen LogP contribution < -0.4 is 15.2 Å². The minimum atomic E-state index is -3.92. The number of fused-ring (bicyclic) bond motifs is 1. The van der Waals surface area contributed by atoms with E-state index in [4.69, 9.17) is 13.9 Å². The van der Waals surface area contributed by atoms with Gasteiger partial charge in [0.25, 0.3) is 10.0 Å². The second kappa shape index (κ2) is 8.39. The Labute approximate surface area is 166 Å². The lowest BCUT2D eigenvalue weighted by Crippen LogP contribution is -2.21. The second-order valence-electron chi connectivity index (χ2n) is 6.14. The molecular weight excluding hydrogens is 400 g/mol. The molecule has 0 saturated carbocycles. The van der Waals surface area contributed by atoms with E-state index < -0.39 is 21.7 Å². The molecule has 2 aromatic carbocycles. The second-order valence-corrected chi connectivity index (χ2v) is 7.82. The van der Waals surface area contributed by atoms with E-state index in [1.807, 2.05) is 6.92 Å². The summed E-state index contributed by atoms with van der Waals surface area (Å²) >= 11 is 0. The van der Waals surface area contributed by atoms with Gasteiger partial charge < -0.3 is 13.9 Å². The van der Waals surface area contributed by atoms with E-state index in [2.05, 4.69) is 4.72 Å². The van der Waals surface area contributed by atoms with Crippen molar-refractivity contribution in [2.24, 2.45) is 0 Å². The fourth-order valence-corrected chi connectivity index (χ4v) is 3.70. The number of sulfonamides is 1. The normalized spacial score (nSPS) is 11.4.